The van der Waals surface area contributed by atoms with Crippen molar-refractivity contribution in [2.45, 2.75) is 26.2 Å². The molecular weight excluding hydrogens is 440 g/mol. The van der Waals surface area contributed by atoms with E-state index in [0.717, 1.165) is 10.1 Å². The van der Waals surface area contributed by atoms with Gasteiger partial charge in [0.1, 0.15) is 4.88 Å². The summed E-state index contributed by atoms with van der Waals surface area (Å²) in [4.78, 5) is 25.9. The maximum Gasteiger partial charge on any atom is 0.267 e. The van der Waals surface area contributed by atoms with Crippen LogP contribution in [0.4, 0.5) is 11.4 Å². The molecule has 0 radical (unpaired) electrons. The average molecular weight is 463 g/mol. The Morgan fingerprint density at radius 3 is 2.06 bits per heavy atom. The summed E-state index contributed by atoms with van der Waals surface area (Å²) in [6, 6.07) is 22.3. The lowest BCUT2D eigenvalue weighted by Crippen LogP contribution is -2.15. The fraction of sp³-hybridized carbons (Fsp3) is 0.154. The van der Waals surface area contributed by atoms with Crippen LogP contribution in [0.25, 0.3) is 10.1 Å². The molecule has 0 unspecified atom stereocenters. The standard InChI is InChI=1S/C26H23ClN2O2S/c1-26(2,3)17-13-11-16(12-14-17)24(30)28-18-7-6-8-19(15-18)29-25(31)23-22(27)20-9-4-5-10-21(20)32-23/h4-15H,1-3H3,(H,28,30)(H,29,31). The minimum absolute atomic E-state index is 0.0266. The third-order valence-electron chi connectivity index (χ3n) is 5.13. The van der Waals surface area contributed by atoms with Crippen molar-refractivity contribution in [3.05, 3.63) is 93.8 Å². The Balaban J connectivity index is 1.48. The number of halogens is 1. The predicted octanol–water partition coefficient (Wildman–Crippen LogP) is 7.36. The van der Waals surface area contributed by atoms with Crippen LogP contribution < -0.4 is 10.6 Å². The SMILES string of the molecule is CC(C)(C)c1ccc(C(=O)Nc2cccc(NC(=O)c3sc4ccccc4c3Cl)c2)cc1. The monoisotopic (exact) mass is 462 g/mol. The van der Waals surface area contributed by atoms with Gasteiger partial charge in [-0.15, -0.1) is 11.3 Å². The summed E-state index contributed by atoms with van der Waals surface area (Å²) in [6.45, 7) is 6.40. The van der Waals surface area contributed by atoms with Gasteiger partial charge in [0.25, 0.3) is 11.8 Å². The zero-order valence-corrected chi connectivity index (χ0v) is 19.6. The molecule has 2 N–H and O–H groups in total. The van der Waals surface area contributed by atoms with Crippen molar-refractivity contribution >= 4 is 56.2 Å². The molecule has 0 aliphatic heterocycles. The second-order valence-electron chi connectivity index (χ2n) is 8.56. The van der Waals surface area contributed by atoms with Gasteiger partial charge in [0.15, 0.2) is 0 Å². The molecule has 1 heterocycles. The van der Waals surface area contributed by atoms with E-state index in [-0.39, 0.29) is 17.2 Å². The molecule has 32 heavy (non-hydrogen) atoms. The Morgan fingerprint density at radius 1 is 0.812 bits per heavy atom. The normalized spacial score (nSPS) is 11.4. The van der Waals surface area contributed by atoms with Gasteiger partial charge in [-0.1, -0.05) is 68.8 Å². The molecule has 4 rings (SSSR count). The van der Waals surface area contributed by atoms with Crippen LogP contribution in [0.5, 0.6) is 0 Å². The molecule has 0 spiro atoms. The number of benzene rings is 3. The Kier molecular flexibility index (Phi) is 6.04. The zero-order valence-electron chi connectivity index (χ0n) is 18.0. The van der Waals surface area contributed by atoms with Gasteiger partial charge in [-0.3, -0.25) is 9.59 Å². The van der Waals surface area contributed by atoms with E-state index < -0.39 is 0 Å². The maximum absolute atomic E-state index is 12.8. The molecule has 0 bridgehead atoms. The van der Waals surface area contributed by atoms with E-state index in [1.54, 1.807) is 24.3 Å². The number of fused-ring (bicyclic) bond motifs is 1. The lowest BCUT2D eigenvalue weighted by Gasteiger charge is -2.19. The van der Waals surface area contributed by atoms with Crippen LogP contribution in [0.1, 0.15) is 46.4 Å². The quantitative estimate of drug-likeness (QED) is 0.333. The number of hydrogen-bond acceptors (Lipinski definition) is 3. The van der Waals surface area contributed by atoms with Crippen LogP contribution in [0.2, 0.25) is 5.02 Å². The Labute approximate surface area is 196 Å². The van der Waals surface area contributed by atoms with Crippen molar-refractivity contribution in [2.24, 2.45) is 0 Å². The number of amides is 2. The van der Waals surface area contributed by atoms with E-state index in [9.17, 15) is 9.59 Å². The first kappa shape index (κ1) is 22.1. The van der Waals surface area contributed by atoms with Crippen LogP contribution in [-0.4, -0.2) is 11.8 Å². The summed E-state index contributed by atoms with van der Waals surface area (Å²) in [5.74, 6) is -0.487. The number of carbonyl (C=O) groups is 2. The number of nitrogens with one attached hydrogen (secondary N) is 2. The van der Waals surface area contributed by atoms with E-state index in [1.165, 1.54) is 16.9 Å². The maximum atomic E-state index is 12.8. The summed E-state index contributed by atoms with van der Waals surface area (Å²) in [5.41, 5.74) is 2.93. The first-order valence-corrected chi connectivity index (χ1v) is 11.4. The van der Waals surface area contributed by atoms with Crippen molar-refractivity contribution < 1.29 is 9.59 Å². The largest absolute Gasteiger partial charge is 0.322 e. The molecule has 0 fully saturated rings. The van der Waals surface area contributed by atoms with E-state index >= 15 is 0 Å². The van der Waals surface area contributed by atoms with Crippen molar-refractivity contribution in [1.82, 2.24) is 0 Å². The minimum atomic E-state index is -0.280. The van der Waals surface area contributed by atoms with Gasteiger partial charge in [-0.25, -0.2) is 0 Å². The first-order chi connectivity index (χ1) is 15.2. The van der Waals surface area contributed by atoms with Crippen molar-refractivity contribution in [2.75, 3.05) is 10.6 Å². The fourth-order valence-electron chi connectivity index (χ4n) is 3.35. The average Bonchev–Trinajstić information content (AvgIpc) is 3.10. The van der Waals surface area contributed by atoms with E-state index in [4.69, 9.17) is 11.6 Å². The summed E-state index contributed by atoms with van der Waals surface area (Å²) in [5, 5.41) is 7.08. The van der Waals surface area contributed by atoms with Crippen molar-refractivity contribution in [3.8, 4) is 0 Å². The summed E-state index contributed by atoms with van der Waals surface area (Å²) in [6.07, 6.45) is 0. The van der Waals surface area contributed by atoms with Crippen LogP contribution in [0.3, 0.4) is 0 Å². The Morgan fingerprint density at radius 2 is 1.44 bits per heavy atom. The van der Waals surface area contributed by atoms with Gasteiger partial charge in [0, 0.05) is 27.0 Å². The van der Waals surface area contributed by atoms with Gasteiger partial charge in [-0.2, -0.15) is 0 Å². The Bertz CT molecular complexity index is 1300. The predicted molar refractivity (Wildman–Crippen MR) is 134 cm³/mol. The van der Waals surface area contributed by atoms with Gasteiger partial charge >= 0.3 is 0 Å². The number of hydrogen-bond donors (Lipinski definition) is 2. The molecular formula is C26H23ClN2O2S. The van der Waals surface area contributed by atoms with E-state index in [0.29, 0.717) is 26.8 Å². The Hall–Kier alpha value is -3.15. The van der Waals surface area contributed by atoms with Gasteiger partial charge in [0.2, 0.25) is 0 Å². The molecule has 0 atom stereocenters. The number of thiophene rings is 1. The van der Waals surface area contributed by atoms with Gasteiger partial charge in [-0.05, 0) is 47.4 Å². The molecule has 162 valence electrons. The van der Waals surface area contributed by atoms with Gasteiger partial charge < -0.3 is 10.6 Å². The zero-order chi connectivity index (χ0) is 22.9. The smallest absolute Gasteiger partial charge is 0.267 e. The molecule has 4 aromatic rings. The topological polar surface area (TPSA) is 58.2 Å². The van der Waals surface area contributed by atoms with Crippen LogP contribution in [0.15, 0.2) is 72.8 Å². The van der Waals surface area contributed by atoms with Crippen molar-refractivity contribution in [1.29, 1.82) is 0 Å². The lowest BCUT2D eigenvalue weighted by atomic mass is 9.87. The minimum Gasteiger partial charge on any atom is -0.322 e. The highest BCUT2D eigenvalue weighted by Gasteiger charge is 2.18. The summed E-state index contributed by atoms with van der Waals surface area (Å²) < 4.78 is 0.959. The van der Waals surface area contributed by atoms with Gasteiger partial charge in [0.05, 0.1) is 5.02 Å². The van der Waals surface area contributed by atoms with Crippen molar-refractivity contribution in [3.63, 3.8) is 0 Å². The molecule has 0 saturated heterocycles. The summed E-state index contributed by atoms with van der Waals surface area (Å²) >= 11 is 7.77. The highest BCUT2D eigenvalue weighted by atomic mass is 35.5. The molecule has 0 saturated carbocycles. The molecule has 0 aliphatic carbocycles. The third kappa shape index (κ3) is 4.69. The second-order valence-corrected chi connectivity index (χ2v) is 9.99. The number of carbonyl (C=O) groups excluding carboxylic acids is 2. The molecule has 4 nitrogen and oxygen atoms in total. The molecule has 3 aromatic carbocycles. The highest BCUT2D eigenvalue weighted by Crippen LogP contribution is 2.35. The second kappa shape index (κ2) is 8.77. The van der Waals surface area contributed by atoms with Crippen LogP contribution >= 0.6 is 22.9 Å². The summed E-state index contributed by atoms with van der Waals surface area (Å²) in [7, 11) is 0. The van der Waals surface area contributed by atoms with E-state index in [2.05, 4.69) is 31.4 Å². The fourth-order valence-corrected chi connectivity index (χ4v) is 4.76. The number of rotatable bonds is 4. The molecule has 6 heteroatoms. The highest BCUT2D eigenvalue weighted by molar-refractivity contribution is 7.21. The van der Waals surface area contributed by atoms with E-state index in [1.807, 2.05) is 48.5 Å². The van der Waals surface area contributed by atoms with Crippen LogP contribution in [-0.2, 0) is 5.41 Å². The first-order valence-electron chi connectivity index (χ1n) is 10.2. The molecule has 1 aromatic heterocycles. The number of anilines is 2. The van der Waals surface area contributed by atoms with Crippen LogP contribution in [0, 0.1) is 0 Å². The molecule has 0 aliphatic rings. The lowest BCUT2D eigenvalue weighted by molar-refractivity contribution is 0.102. The third-order valence-corrected chi connectivity index (χ3v) is 6.81. The molecule has 2 amide bonds.